The topological polar surface area (TPSA) is 45.7 Å². The number of alkyl halides is 3. The fourth-order valence-electron chi connectivity index (χ4n) is 3.04. The molecule has 0 N–H and O–H groups in total. The van der Waals surface area contributed by atoms with Crippen LogP contribution in [0.3, 0.4) is 0 Å². The van der Waals surface area contributed by atoms with Crippen molar-refractivity contribution in [2.45, 2.75) is 20.2 Å². The van der Waals surface area contributed by atoms with Crippen molar-refractivity contribution in [2.75, 3.05) is 32.1 Å². The molecule has 10 heteroatoms. The highest BCUT2D eigenvalue weighted by Gasteiger charge is 2.31. The molecule has 3 rings (SSSR count). The summed E-state index contributed by atoms with van der Waals surface area (Å²) in [6, 6.07) is 9.59. The highest BCUT2D eigenvalue weighted by molar-refractivity contribution is 7.22. The summed E-state index contributed by atoms with van der Waals surface area (Å²) in [5.41, 5.74) is 3.01. The van der Waals surface area contributed by atoms with Crippen LogP contribution in [0.5, 0.6) is 5.75 Å². The van der Waals surface area contributed by atoms with Gasteiger partial charge in [-0.2, -0.15) is 0 Å². The maximum absolute atomic E-state index is 13.3. The zero-order valence-electron chi connectivity index (χ0n) is 17.5. The molecule has 31 heavy (non-hydrogen) atoms. The Bertz CT molecular complexity index is 1050. The van der Waals surface area contributed by atoms with Crippen LogP contribution >= 0.6 is 23.7 Å². The van der Waals surface area contributed by atoms with Crippen molar-refractivity contribution in [1.29, 1.82) is 0 Å². The SMILES string of the molecule is Cc1cc(C)cc(C(=O)N(CCN(C)C)c2nc3ccc(OC(F)(F)F)cc3s2)c1.Cl. The van der Waals surface area contributed by atoms with Crippen LogP contribution < -0.4 is 9.64 Å². The number of ether oxygens (including phenoxy) is 1. The molecule has 5 nitrogen and oxygen atoms in total. The van der Waals surface area contributed by atoms with E-state index in [1.54, 1.807) is 4.90 Å². The van der Waals surface area contributed by atoms with Gasteiger partial charge in [0.25, 0.3) is 5.91 Å². The molecule has 0 saturated heterocycles. The Morgan fingerprint density at radius 3 is 2.29 bits per heavy atom. The number of hydrogen-bond donors (Lipinski definition) is 0. The van der Waals surface area contributed by atoms with Crippen molar-refractivity contribution < 1.29 is 22.7 Å². The number of fused-ring (bicyclic) bond motifs is 1. The second-order valence-corrected chi connectivity index (χ2v) is 8.32. The number of thiazole rings is 1. The van der Waals surface area contributed by atoms with Gasteiger partial charge in [-0.1, -0.05) is 28.5 Å². The molecular formula is C21H23ClF3N3O2S. The van der Waals surface area contributed by atoms with Gasteiger partial charge in [0.2, 0.25) is 0 Å². The quantitative estimate of drug-likeness (QED) is 0.478. The number of hydrogen-bond acceptors (Lipinski definition) is 5. The average molecular weight is 474 g/mol. The first kappa shape index (κ1) is 24.9. The van der Waals surface area contributed by atoms with Crippen molar-refractivity contribution in [3.63, 3.8) is 0 Å². The number of benzene rings is 2. The summed E-state index contributed by atoms with van der Waals surface area (Å²) in [7, 11) is 3.80. The highest BCUT2D eigenvalue weighted by Crippen LogP contribution is 2.34. The van der Waals surface area contributed by atoms with Gasteiger partial charge >= 0.3 is 6.36 Å². The lowest BCUT2D eigenvalue weighted by molar-refractivity contribution is -0.274. The molecule has 1 heterocycles. The van der Waals surface area contributed by atoms with Gasteiger partial charge in [-0.15, -0.1) is 25.6 Å². The van der Waals surface area contributed by atoms with Crippen LogP contribution in [0.1, 0.15) is 21.5 Å². The third-order valence-corrected chi connectivity index (χ3v) is 5.34. The second kappa shape index (κ2) is 9.84. The summed E-state index contributed by atoms with van der Waals surface area (Å²) >= 11 is 1.16. The van der Waals surface area contributed by atoms with Gasteiger partial charge in [-0.25, -0.2) is 4.98 Å². The summed E-state index contributed by atoms with van der Waals surface area (Å²) in [5, 5.41) is 0.431. The fraction of sp³-hybridized carbons (Fsp3) is 0.333. The maximum Gasteiger partial charge on any atom is 0.573 e. The first-order valence-electron chi connectivity index (χ1n) is 9.23. The Morgan fingerprint density at radius 1 is 1.06 bits per heavy atom. The van der Waals surface area contributed by atoms with E-state index in [2.05, 4.69) is 9.72 Å². The molecule has 3 aromatic rings. The van der Waals surface area contributed by atoms with Gasteiger partial charge in [-0.05, 0) is 52.2 Å². The van der Waals surface area contributed by atoms with Gasteiger partial charge in [0.15, 0.2) is 5.13 Å². The van der Waals surface area contributed by atoms with Crippen LogP contribution in [-0.4, -0.2) is 49.3 Å². The van der Waals surface area contributed by atoms with Crippen LogP contribution in [-0.2, 0) is 0 Å². The number of nitrogens with zero attached hydrogens (tertiary/aromatic N) is 3. The standard InChI is InChI=1S/C21H22F3N3O2S.ClH/c1-13-9-14(2)11-15(10-13)19(28)27(8-7-26(3)4)20-25-17-6-5-16(12-18(17)30-20)29-21(22,23)24;/h5-6,9-12H,7-8H2,1-4H3;1H. The summed E-state index contributed by atoms with van der Waals surface area (Å²) in [6.07, 6.45) is -4.77. The molecule has 0 aliphatic heterocycles. The van der Waals surface area contributed by atoms with Crippen LogP contribution in [0, 0.1) is 13.8 Å². The maximum atomic E-state index is 13.3. The Balaban J connectivity index is 0.00000341. The molecule has 0 saturated carbocycles. The lowest BCUT2D eigenvalue weighted by atomic mass is 10.1. The van der Waals surface area contributed by atoms with Gasteiger partial charge < -0.3 is 9.64 Å². The van der Waals surface area contributed by atoms with Crippen molar-refractivity contribution in [3.8, 4) is 5.75 Å². The minimum absolute atomic E-state index is 0. The molecule has 0 aliphatic rings. The summed E-state index contributed by atoms with van der Waals surface area (Å²) in [6.45, 7) is 4.85. The molecule has 0 aliphatic carbocycles. The molecule has 0 unspecified atom stereocenters. The van der Waals surface area contributed by atoms with E-state index in [0.717, 1.165) is 22.5 Å². The second-order valence-electron chi connectivity index (χ2n) is 7.31. The number of likely N-dealkylation sites (N-methyl/N-ethyl adjacent to an activating group) is 1. The minimum atomic E-state index is -4.77. The Hall–Kier alpha value is -2.36. The van der Waals surface area contributed by atoms with E-state index in [1.807, 2.05) is 51.0 Å². The molecule has 0 spiro atoms. The van der Waals surface area contributed by atoms with Gasteiger partial charge in [0.1, 0.15) is 5.75 Å². The zero-order chi connectivity index (χ0) is 22.1. The number of halogens is 4. The fourth-order valence-corrected chi connectivity index (χ4v) is 4.06. The Kier molecular flexibility index (Phi) is 7.91. The Morgan fingerprint density at radius 2 is 1.71 bits per heavy atom. The average Bonchev–Trinajstić information content (AvgIpc) is 3.02. The molecule has 2 aromatic carbocycles. The Labute approximate surface area is 188 Å². The van der Waals surface area contributed by atoms with Crippen molar-refractivity contribution in [3.05, 3.63) is 53.1 Å². The number of aromatic nitrogens is 1. The molecule has 0 bridgehead atoms. The first-order chi connectivity index (χ1) is 14.0. The van der Waals surface area contributed by atoms with Crippen LogP contribution in [0.15, 0.2) is 36.4 Å². The van der Waals surface area contributed by atoms with E-state index in [-0.39, 0.29) is 24.1 Å². The number of carbonyl (C=O) groups is 1. The van der Waals surface area contributed by atoms with Crippen LogP contribution in [0.2, 0.25) is 0 Å². The summed E-state index contributed by atoms with van der Waals surface area (Å²) < 4.78 is 42.1. The largest absolute Gasteiger partial charge is 0.573 e. The normalized spacial score (nSPS) is 11.5. The number of amides is 1. The van der Waals surface area contributed by atoms with Gasteiger partial charge in [0.05, 0.1) is 10.2 Å². The summed E-state index contributed by atoms with van der Waals surface area (Å²) in [4.78, 5) is 21.3. The smallest absolute Gasteiger partial charge is 0.406 e. The molecule has 1 aromatic heterocycles. The number of anilines is 1. The van der Waals surface area contributed by atoms with E-state index in [1.165, 1.54) is 18.2 Å². The molecule has 0 fully saturated rings. The zero-order valence-corrected chi connectivity index (χ0v) is 19.1. The van der Waals surface area contributed by atoms with Crippen LogP contribution in [0.25, 0.3) is 10.2 Å². The van der Waals surface area contributed by atoms with E-state index in [9.17, 15) is 18.0 Å². The van der Waals surface area contributed by atoms with E-state index in [4.69, 9.17) is 0 Å². The van der Waals surface area contributed by atoms with Crippen LogP contribution in [0.4, 0.5) is 18.3 Å². The van der Waals surface area contributed by atoms with E-state index < -0.39 is 6.36 Å². The third kappa shape index (κ3) is 6.56. The lowest BCUT2D eigenvalue weighted by Gasteiger charge is -2.22. The predicted molar refractivity (Wildman–Crippen MR) is 120 cm³/mol. The summed E-state index contributed by atoms with van der Waals surface area (Å²) in [5.74, 6) is -0.514. The number of rotatable bonds is 6. The number of aryl methyl sites for hydroxylation is 2. The van der Waals surface area contributed by atoms with Crippen molar-refractivity contribution >= 4 is 45.0 Å². The molecule has 0 atom stereocenters. The minimum Gasteiger partial charge on any atom is -0.406 e. The predicted octanol–water partition coefficient (Wildman–Crippen LogP) is 5.44. The van der Waals surface area contributed by atoms with Gasteiger partial charge in [-0.3, -0.25) is 9.69 Å². The monoisotopic (exact) mass is 473 g/mol. The third-order valence-electron chi connectivity index (χ3n) is 4.30. The molecule has 168 valence electrons. The van der Waals surface area contributed by atoms with Gasteiger partial charge in [0, 0.05) is 24.7 Å². The highest BCUT2D eigenvalue weighted by atomic mass is 35.5. The van der Waals surface area contributed by atoms with E-state index in [0.29, 0.717) is 34.0 Å². The molecule has 0 radical (unpaired) electrons. The lowest BCUT2D eigenvalue weighted by Crippen LogP contribution is -2.36. The first-order valence-corrected chi connectivity index (χ1v) is 10.0. The van der Waals surface area contributed by atoms with Crippen molar-refractivity contribution in [2.24, 2.45) is 0 Å². The number of carbonyl (C=O) groups excluding carboxylic acids is 1. The van der Waals surface area contributed by atoms with Crippen molar-refractivity contribution in [1.82, 2.24) is 9.88 Å². The molecular weight excluding hydrogens is 451 g/mol. The molecule has 1 amide bonds. The van der Waals surface area contributed by atoms with E-state index >= 15 is 0 Å².